The van der Waals surface area contributed by atoms with Crippen LogP contribution >= 0.6 is 11.6 Å². The minimum atomic E-state index is -0.116. The highest BCUT2D eigenvalue weighted by atomic mass is 35.5. The Kier molecular flexibility index (Phi) is 4.00. The maximum atomic E-state index is 12.8. The quantitative estimate of drug-likeness (QED) is 0.858. The van der Waals surface area contributed by atoms with Crippen molar-refractivity contribution in [3.05, 3.63) is 41.2 Å². The second kappa shape index (κ2) is 6.30. The molecule has 0 aliphatic heterocycles. The van der Waals surface area contributed by atoms with Crippen LogP contribution in [0, 0.1) is 11.8 Å². The number of carbonyl (C=O) groups is 1. The molecule has 1 N–H and O–H groups in total. The van der Waals surface area contributed by atoms with Gasteiger partial charge in [0.15, 0.2) is 6.33 Å². The van der Waals surface area contributed by atoms with E-state index < -0.39 is 0 Å². The summed E-state index contributed by atoms with van der Waals surface area (Å²) in [5, 5.41) is 16.7. The number of amides is 1. The number of rotatable bonds is 5. The van der Waals surface area contributed by atoms with Gasteiger partial charge in [-0.15, -0.1) is 10.2 Å². The molecule has 1 heterocycles. The van der Waals surface area contributed by atoms with Gasteiger partial charge in [-0.25, -0.2) is 0 Å². The van der Waals surface area contributed by atoms with Crippen molar-refractivity contribution in [3.63, 3.8) is 0 Å². The molecule has 4 aliphatic carbocycles. The highest BCUT2D eigenvalue weighted by molar-refractivity contribution is 6.31. The van der Waals surface area contributed by atoms with E-state index in [2.05, 4.69) is 20.7 Å². The highest BCUT2D eigenvalue weighted by Crippen LogP contribution is 2.60. The lowest BCUT2D eigenvalue weighted by Gasteiger charge is -2.61. The third-order valence-electron chi connectivity index (χ3n) is 6.79. The number of nitrogens with zero attached hydrogens (tertiary/aromatic N) is 4. The van der Waals surface area contributed by atoms with Crippen LogP contribution in [-0.2, 0) is 16.8 Å². The molecule has 27 heavy (non-hydrogen) atoms. The van der Waals surface area contributed by atoms with Gasteiger partial charge in [0.2, 0.25) is 5.91 Å². The number of hydrogen-bond acceptors (Lipinski definition) is 4. The molecule has 7 heteroatoms. The van der Waals surface area contributed by atoms with Crippen LogP contribution in [-0.4, -0.2) is 31.7 Å². The van der Waals surface area contributed by atoms with E-state index in [9.17, 15) is 4.79 Å². The van der Waals surface area contributed by atoms with E-state index in [0.717, 1.165) is 42.7 Å². The van der Waals surface area contributed by atoms with Gasteiger partial charge in [0, 0.05) is 17.0 Å². The second-order valence-electron chi connectivity index (χ2n) is 8.83. The van der Waals surface area contributed by atoms with Crippen LogP contribution in [0.15, 0.2) is 30.6 Å². The maximum Gasteiger partial charge on any atom is 0.220 e. The molecule has 2 aromatic rings. The van der Waals surface area contributed by atoms with Crippen molar-refractivity contribution < 1.29 is 4.79 Å². The first-order chi connectivity index (χ1) is 13.1. The first-order valence-electron chi connectivity index (χ1n) is 9.84. The van der Waals surface area contributed by atoms with E-state index in [1.54, 1.807) is 0 Å². The molecule has 0 spiro atoms. The Morgan fingerprint density at radius 2 is 2.00 bits per heavy atom. The molecule has 1 aromatic heterocycles. The molecule has 4 atom stereocenters. The number of hydrogen-bond donors (Lipinski definition) is 1. The Bertz CT molecular complexity index is 838. The van der Waals surface area contributed by atoms with Gasteiger partial charge < -0.3 is 5.32 Å². The Morgan fingerprint density at radius 1 is 1.22 bits per heavy atom. The van der Waals surface area contributed by atoms with Gasteiger partial charge in [-0.3, -0.25) is 4.79 Å². The zero-order chi connectivity index (χ0) is 18.5. The molecule has 2 unspecified atom stereocenters. The third kappa shape index (κ3) is 3.04. The van der Waals surface area contributed by atoms with Gasteiger partial charge in [0.25, 0.3) is 0 Å². The molecule has 6 nitrogen and oxygen atoms in total. The van der Waals surface area contributed by atoms with Crippen molar-refractivity contribution in [2.75, 3.05) is 0 Å². The van der Waals surface area contributed by atoms with E-state index in [0.29, 0.717) is 24.7 Å². The number of aryl methyl sites for hydroxylation is 1. The summed E-state index contributed by atoms with van der Waals surface area (Å²) in [6.07, 6.45) is 9.23. The average molecular weight is 386 g/mol. The van der Waals surface area contributed by atoms with Crippen LogP contribution in [0.2, 0.25) is 5.02 Å². The molecule has 1 amide bonds. The summed E-state index contributed by atoms with van der Waals surface area (Å²) >= 11 is 6.23. The van der Waals surface area contributed by atoms with E-state index in [1.165, 1.54) is 12.7 Å². The monoisotopic (exact) mass is 385 g/mol. The fourth-order valence-electron chi connectivity index (χ4n) is 6.29. The predicted molar refractivity (Wildman–Crippen MR) is 101 cm³/mol. The van der Waals surface area contributed by atoms with Crippen molar-refractivity contribution in [1.29, 1.82) is 0 Å². The first kappa shape index (κ1) is 17.2. The van der Waals surface area contributed by atoms with Crippen LogP contribution in [0.3, 0.4) is 0 Å². The average Bonchev–Trinajstić information content (AvgIpc) is 3.15. The fourth-order valence-corrected chi connectivity index (χ4v) is 6.52. The number of carbonyl (C=O) groups excluding carboxylic acids is 1. The van der Waals surface area contributed by atoms with Crippen LogP contribution in [0.25, 0.3) is 0 Å². The summed E-state index contributed by atoms with van der Waals surface area (Å²) in [7, 11) is 0. The van der Waals surface area contributed by atoms with E-state index >= 15 is 0 Å². The SMILES string of the molecule is O=C(CCc1ccccc1Cl)NC12C[C@H]3C[C@@H](C1)CC(n1ncnn1)(C3)C2. The second-order valence-corrected chi connectivity index (χ2v) is 9.24. The van der Waals surface area contributed by atoms with Crippen molar-refractivity contribution in [1.82, 2.24) is 25.5 Å². The lowest BCUT2D eigenvalue weighted by molar-refractivity contribution is -0.131. The summed E-state index contributed by atoms with van der Waals surface area (Å²) in [4.78, 5) is 14.6. The van der Waals surface area contributed by atoms with Crippen molar-refractivity contribution >= 4 is 17.5 Å². The molecule has 1 aromatic carbocycles. The van der Waals surface area contributed by atoms with Gasteiger partial charge >= 0.3 is 0 Å². The van der Waals surface area contributed by atoms with E-state index in [-0.39, 0.29) is 17.0 Å². The molecular weight excluding hydrogens is 362 g/mol. The molecule has 4 fully saturated rings. The summed E-state index contributed by atoms with van der Waals surface area (Å²) in [5.41, 5.74) is 0.842. The molecular formula is C20H24ClN5O. The van der Waals surface area contributed by atoms with E-state index in [4.69, 9.17) is 11.6 Å². The zero-order valence-electron chi connectivity index (χ0n) is 15.3. The molecule has 0 saturated heterocycles. The number of benzene rings is 1. The number of nitrogens with one attached hydrogen (secondary N) is 1. The van der Waals surface area contributed by atoms with Crippen LogP contribution < -0.4 is 5.32 Å². The zero-order valence-corrected chi connectivity index (χ0v) is 16.0. The topological polar surface area (TPSA) is 72.7 Å². The highest BCUT2D eigenvalue weighted by Gasteiger charge is 2.60. The summed E-state index contributed by atoms with van der Waals surface area (Å²) < 4.78 is 0. The van der Waals surface area contributed by atoms with Gasteiger partial charge in [0.1, 0.15) is 0 Å². The summed E-state index contributed by atoms with van der Waals surface area (Å²) in [6.45, 7) is 0. The maximum absolute atomic E-state index is 12.8. The van der Waals surface area contributed by atoms with Crippen LogP contribution in [0.5, 0.6) is 0 Å². The molecule has 4 bridgehead atoms. The normalized spacial score (nSPS) is 34.0. The fraction of sp³-hybridized carbons (Fsp3) is 0.600. The number of aromatic nitrogens is 4. The first-order valence-corrected chi connectivity index (χ1v) is 10.2. The Morgan fingerprint density at radius 3 is 2.70 bits per heavy atom. The summed E-state index contributed by atoms with van der Waals surface area (Å²) in [5.74, 6) is 1.40. The van der Waals surface area contributed by atoms with Crippen LogP contribution in [0.4, 0.5) is 0 Å². The minimum absolute atomic E-state index is 0.0728. The van der Waals surface area contributed by atoms with Crippen molar-refractivity contribution in [2.24, 2.45) is 11.8 Å². The van der Waals surface area contributed by atoms with E-state index in [1.807, 2.05) is 29.1 Å². The lowest BCUT2D eigenvalue weighted by Crippen LogP contribution is -2.66. The number of tetrazole rings is 1. The van der Waals surface area contributed by atoms with Crippen molar-refractivity contribution in [2.45, 2.75) is 62.4 Å². The Labute approximate surface area is 163 Å². The molecule has 4 aliphatic rings. The standard InChI is InChI=1S/C20H24ClN5O/c21-17-4-2-1-3-16(17)5-6-18(27)24-19-8-14-7-15(9-19)11-20(10-14,12-19)26-23-13-22-25-26/h1-4,13-15H,5-12H2,(H,24,27)/t14-,15+,19?,20?. The number of halogens is 1. The Hall–Kier alpha value is -1.95. The summed E-state index contributed by atoms with van der Waals surface area (Å²) in [6, 6.07) is 7.75. The molecule has 142 valence electrons. The molecule has 4 saturated carbocycles. The van der Waals surface area contributed by atoms with Gasteiger partial charge in [-0.05, 0) is 73.6 Å². The largest absolute Gasteiger partial charge is 0.351 e. The minimum Gasteiger partial charge on any atom is -0.351 e. The lowest BCUT2D eigenvalue weighted by atomic mass is 9.50. The Balaban J connectivity index is 1.31. The van der Waals surface area contributed by atoms with Gasteiger partial charge in [-0.2, -0.15) is 4.80 Å². The third-order valence-corrected chi connectivity index (χ3v) is 7.16. The van der Waals surface area contributed by atoms with Gasteiger partial charge in [0.05, 0.1) is 5.54 Å². The molecule has 6 rings (SSSR count). The van der Waals surface area contributed by atoms with Gasteiger partial charge in [-0.1, -0.05) is 29.8 Å². The smallest absolute Gasteiger partial charge is 0.220 e. The van der Waals surface area contributed by atoms with Crippen LogP contribution in [0.1, 0.15) is 50.5 Å². The molecule has 0 radical (unpaired) electrons. The van der Waals surface area contributed by atoms with Crippen molar-refractivity contribution in [3.8, 4) is 0 Å². The predicted octanol–water partition coefficient (Wildman–Crippen LogP) is 3.12.